The number of ether oxygens (including phenoxy) is 2. The van der Waals surface area contributed by atoms with Crippen molar-refractivity contribution >= 4 is 23.6 Å². The maximum absolute atomic E-state index is 12.9. The second kappa shape index (κ2) is 10.4. The number of carbonyl (C=O) groups excluding carboxylic acids is 4. The van der Waals surface area contributed by atoms with Crippen LogP contribution in [-0.4, -0.2) is 52.1 Å². The highest BCUT2D eigenvalue weighted by Crippen LogP contribution is 2.28. The van der Waals surface area contributed by atoms with Crippen LogP contribution >= 0.6 is 0 Å². The summed E-state index contributed by atoms with van der Waals surface area (Å²) >= 11 is 0. The molecule has 2 aromatic rings. The molecule has 1 saturated heterocycles. The summed E-state index contributed by atoms with van der Waals surface area (Å²) in [5.74, 6) is -1.55. The van der Waals surface area contributed by atoms with Crippen molar-refractivity contribution in [3.8, 4) is 5.75 Å². The van der Waals surface area contributed by atoms with Gasteiger partial charge in [-0.25, -0.2) is 9.69 Å². The van der Waals surface area contributed by atoms with Gasteiger partial charge in [-0.15, -0.1) is 0 Å². The van der Waals surface area contributed by atoms with Gasteiger partial charge in [0.25, 0.3) is 0 Å². The van der Waals surface area contributed by atoms with E-state index in [0.717, 1.165) is 10.5 Å². The number of Topliss-reactive ketones (excluding diaryl/α,β-unsaturated/α-hetero) is 1. The van der Waals surface area contributed by atoms with Crippen LogP contribution in [0.15, 0.2) is 54.6 Å². The lowest BCUT2D eigenvalue weighted by Crippen LogP contribution is -2.68. The number of urea groups is 1. The van der Waals surface area contributed by atoms with E-state index in [1.165, 1.54) is 13.8 Å². The molecule has 2 atom stereocenters. The summed E-state index contributed by atoms with van der Waals surface area (Å²) in [6, 6.07) is 15.5. The minimum atomic E-state index is -1.77. The number of amides is 4. The van der Waals surface area contributed by atoms with Crippen LogP contribution in [0.4, 0.5) is 4.79 Å². The fourth-order valence-electron chi connectivity index (χ4n) is 3.64. The molecule has 0 aromatic heterocycles. The summed E-state index contributed by atoms with van der Waals surface area (Å²) in [5, 5.41) is 11.7. The molecule has 9 nitrogen and oxygen atoms in total. The summed E-state index contributed by atoms with van der Waals surface area (Å²) in [6.07, 6.45) is -1.91. The molecule has 4 amide bonds. The molecule has 3 rings (SSSR count). The highest BCUT2D eigenvalue weighted by molar-refractivity contribution is 6.16. The van der Waals surface area contributed by atoms with Gasteiger partial charge < -0.3 is 14.6 Å². The van der Waals surface area contributed by atoms with E-state index in [4.69, 9.17) is 9.47 Å². The van der Waals surface area contributed by atoms with Crippen LogP contribution in [0.3, 0.4) is 0 Å². The lowest BCUT2D eigenvalue weighted by molar-refractivity contribution is -0.158. The van der Waals surface area contributed by atoms with Gasteiger partial charge in [0.15, 0.2) is 12.1 Å². The van der Waals surface area contributed by atoms with Crippen LogP contribution in [0, 0.1) is 0 Å². The van der Waals surface area contributed by atoms with Crippen LogP contribution in [-0.2, 0) is 32.1 Å². The number of aliphatic hydroxyl groups excluding tert-OH is 1. The van der Waals surface area contributed by atoms with E-state index in [9.17, 15) is 24.3 Å². The number of rotatable bonds is 10. The number of hydrogen-bond donors (Lipinski definition) is 2. The van der Waals surface area contributed by atoms with Crippen molar-refractivity contribution in [1.29, 1.82) is 0 Å². The monoisotopic (exact) mass is 454 g/mol. The predicted molar refractivity (Wildman–Crippen MR) is 117 cm³/mol. The number of carbonyl (C=O) groups is 4. The zero-order chi connectivity index (χ0) is 24.0. The van der Waals surface area contributed by atoms with E-state index >= 15 is 0 Å². The van der Waals surface area contributed by atoms with Gasteiger partial charge in [-0.3, -0.25) is 19.7 Å². The Morgan fingerprint density at radius 2 is 1.82 bits per heavy atom. The number of nitrogens with one attached hydrogen (secondary N) is 1. The molecule has 0 radical (unpaired) electrons. The molecule has 0 aliphatic carbocycles. The zero-order valence-corrected chi connectivity index (χ0v) is 18.4. The van der Waals surface area contributed by atoms with Gasteiger partial charge in [-0.2, -0.15) is 0 Å². The van der Waals surface area contributed by atoms with Gasteiger partial charge in [-0.05, 0) is 37.1 Å². The van der Waals surface area contributed by atoms with E-state index in [1.807, 2.05) is 30.3 Å². The standard InChI is InChI=1S/C24H26N2O7/c1-16(27)24(15-33-17(2)28,26-22(30)12-21(29)25-23(26)31)13-19-9-6-10-20(11-19)32-14-18-7-4-3-5-8-18/h3-11,17,28H,12-15H2,1-2H3,(H,25,29,31). The Morgan fingerprint density at radius 1 is 1.12 bits per heavy atom. The third-order valence-electron chi connectivity index (χ3n) is 5.30. The first-order valence-electron chi connectivity index (χ1n) is 10.4. The normalized spacial score (nSPS) is 16.7. The summed E-state index contributed by atoms with van der Waals surface area (Å²) in [7, 11) is 0. The van der Waals surface area contributed by atoms with Gasteiger partial charge in [0.05, 0.1) is 6.61 Å². The molecule has 1 aliphatic heterocycles. The largest absolute Gasteiger partial charge is 0.489 e. The smallest absolute Gasteiger partial charge is 0.331 e. The Balaban J connectivity index is 1.91. The molecule has 0 spiro atoms. The lowest BCUT2D eigenvalue weighted by Gasteiger charge is -2.42. The highest BCUT2D eigenvalue weighted by Gasteiger charge is 2.50. The Hall–Kier alpha value is -3.56. The van der Waals surface area contributed by atoms with Crippen molar-refractivity contribution in [2.24, 2.45) is 0 Å². The van der Waals surface area contributed by atoms with Crippen molar-refractivity contribution in [2.75, 3.05) is 6.61 Å². The molecule has 0 bridgehead atoms. The number of hydrogen-bond acceptors (Lipinski definition) is 7. The fourth-order valence-corrected chi connectivity index (χ4v) is 3.64. The summed E-state index contributed by atoms with van der Waals surface area (Å²) in [5.41, 5.74) is -0.189. The second-order valence-corrected chi connectivity index (χ2v) is 7.86. The summed E-state index contributed by atoms with van der Waals surface area (Å²) in [6.45, 7) is 2.48. The van der Waals surface area contributed by atoms with Gasteiger partial charge in [-0.1, -0.05) is 42.5 Å². The molecule has 2 N–H and O–H groups in total. The average molecular weight is 454 g/mol. The number of benzene rings is 2. The first-order chi connectivity index (χ1) is 15.7. The van der Waals surface area contributed by atoms with Crippen LogP contribution in [0.2, 0.25) is 0 Å². The van der Waals surface area contributed by atoms with Crippen molar-refractivity contribution in [3.63, 3.8) is 0 Å². The molecule has 2 unspecified atom stereocenters. The molecular formula is C24H26N2O7. The SMILES string of the molecule is CC(=O)C(COC(C)O)(Cc1cccc(OCc2ccccc2)c1)N1C(=O)CC(=O)NC1=O. The summed E-state index contributed by atoms with van der Waals surface area (Å²) in [4.78, 5) is 50.5. The maximum Gasteiger partial charge on any atom is 0.331 e. The number of aliphatic hydroxyl groups is 1. The number of ketones is 1. The molecule has 1 heterocycles. The first kappa shape index (κ1) is 24.1. The Morgan fingerprint density at radius 3 is 2.45 bits per heavy atom. The van der Waals surface area contributed by atoms with Gasteiger partial charge >= 0.3 is 6.03 Å². The number of nitrogens with zero attached hydrogens (tertiary/aromatic N) is 1. The predicted octanol–water partition coefficient (Wildman–Crippen LogP) is 1.96. The Bertz CT molecular complexity index is 1020. The van der Waals surface area contributed by atoms with Crippen molar-refractivity contribution in [2.45, 2.75) is 45.1 Å². The first-order valence-corrected chi connectivity index (χ1v) is 10.4. The van der Waals surface area contributed by atoms with E-state index < -0.39 is 48.5 Å². The molecule has 174 valence electrons. The van der Waals surface area contributed by atoms with Crippen LogP contribution in [0.5, 0.6) is 5.75 Å². The third kappa shape index (κ3) is 5.82. The van der Waals surface area contributed by atoms with Gasteiger partial charge in [0, 0.05) is 6.42 Å². The molecule has 0 saturated carbocycles. The van der Waals surface area contributed by atoms with E-state index in [-0.39, 0.29) is 6.42 Å². The molecule has 9 heteroatoms. The van der Waals surface area contributed by atoms with Crippen molar-refractivity contribution < 1.29 is 33.8 Å². The van der Waals surface area contributed by atoms with Crippen molar-refractivity contribution in [1.82, 2.24) is 10.2 Å². The van der Waals surface area contributed by atoms with Crippen LogP contribution < -0.4 is 10.1 Å². The van der Waals surface area contributed by atoms with Crippen molar-refractivity contribution in [3.05, 3.63) is 65.7 Å². The maximum atomic E-state index is 12.9. The van der Waals surface area contributed by atoms with Crippen LogP contribution in [0.25, 0.3) is 0 Å². The summed E-state index contributed by atoms with van der Waals surface area (Å²) < 4.78 is 11.1. The van der Waals surface area contributed by atoms with E-state index in [0.29, 0.717) is 17.9 Å². The zero-order valence-electron chi connectivity index (χ0n) is 18.4. The minimum Gasteiger partial charge on any atom is -0.489 e. The highest BCUT2D eigenvalue weighted by atomic mass is 16.6. The quantitative estimate of drug-likeness (QED) is 0.416. The fraction of sp³-hybridized carbons (Fsp3) is 0.333. The minimum absolute atomic E-state index is 0.0923. The average Bonchev–Trinajstić information content (AvgIpc) is 2.76. The van der Waals surface area contributed by atoms with E-state index in [2.05, 4.69) is 5.32 Å². The van der Waals surface area contributed by atoms with Gasteiger partial charge in [0.2, 0.25) is 11.8 Å². The van der Waals surface area contributed by atoms with E-state index in [1.54, 1.807) is 24.3 Å². The third-order valence-corrected chi connectivity index (χ3v) is 5.30. The number of barbiturate groups is 1. The molecule has 33 heavy (non-hydrogen) atoms. The molecular weight excluding hydrogens is 428 g/mol. The second-order valence-electron chi connectivity index (χ2n) is 7.86. The number of imide groups is 2. The molecule has 2 aromatic carbocycles. The van der Waals surface area contributed by atoms with Crippen LogP contribution in [0.1, 0.15) is 31.4 Å². The lowest BCUT2D eigenvalue weighted by atomic mass is 9.85. The topological polar surface area (TPSA) is 122 Å². The Labute approximate surface area is 191 Å². The Kier molecular flexibility index (Phi) is 7.57. The van der Waals surface area contributed by atoms with Gasteiger partial charge in [0.1, 0.15) is 24.3 Å². The molecule has 1 fully saturated rings. The molecule has 1 aliphatic rings.